The van der Waals surface area contributed by atoms with Crippen molar-refractivity contribution >= 4 is 40.6 Å². The summed E-state index contributed by atoms with van der Waals surface area (Å²) in [5.41, 5.74) is 2.11. The van der Waals surface area contributed by atoms with Crippen molar-refractivity contribution in [3.05, 3.63) is 58.6 Å². The zero-order valence-corrected chi connectivity index (χ0v) is 15.5. The topological polar surface area (TPSA) is 59.6 Å². The molecule has 0 amide bonds. The monoisotopic (exact) mass is 378 g/mol. The molecule has 0 atom stereocenters. The summed E-state index contributed by atoms with van der Waals surface area (Å²) in [4.78, 5) is 11.6. The Morgan fingerprint density at radius 2 is 1.88 bits per heavy atom. The zero-order valence-electron chi connectivity index (χ0n) is 14.0. The fourth-order valence-electron chi connectivity index (χ4n) is 2.14. The lowest BCUT2D eigenvalue weighted by Gasteiger charge is -2.13. The number of hydrogen-bond donors (Lipinski definition) is 2. The summed E-state index contributed by atoms with van der Waals surface area (Å²) in [6.45, 7) is 0.659. The molecule has 0 radical (unpaired) electrons. The highest BCUT2D eigenvalue weighted by atomic mass is 35.5. The van der Waals surface area contributed by atoms with Gasteiger partial charge in [0.25, 0.3) is 0 Å². The third kappa shape index (κ3) is 5.62. The maximum atomic E-state index is 11.6. The summed E-state index contributed by atoms with van der Waals surface area (Å²) in [6, 6.07) is 12.7. The summed E-state index contributed by atoms with van der Waals surface area (Å²) in [5.74, 6) is 0.395. The molecule has 5 nitrogen and oxygen atoms in total. The van der Waals surface area contributed by atoms with Crippen molar-refractivity contribution in [2.45, 2.75) is 6.42 Å². The summed E-state index contributed by atoms with van der Waals surface area (Å²) >= 11 is 11.4. The molecule has 2 aromatic rings. The van der Waals surface area contributed by atoms with E-state index in [0.29, 0.717) is 27.9 Å². The van der Waals surface area contributed by atoms with E-state index in [0.717, 1.165) is 12.2 Å². The third-order valence-corrected chi connectivity index (χ3v) is 4.07. The molecular formula is C18H19ClN2O3S. The first kappa shape index (κ1) is 19.0. The van der Waals surface area contributed by atoms with Crippen LogP contribution in [-0.4, -0.2) is 31.8 Å². The van der Waals surface area contributed by atoms with Crippen LogP contribution >= 0.6 is 23.8 Å². The van der Waals surface area contributed by atoms with Gasteiger partial charge in [0.2, 0.25) is 0 Å². The molecule has 2 aromatic carbocycles. The number of esters is 1. The van der Waals surface area contributed by atoms with Crippen molar-refractivity contribution in [3.8, 4) is 5.75 Å². The van der Waals surface area contributed by atoms with Crippen LogP contribution in [0.2, 0.25) is 5.02 Å². The Balaban J connectivity index is 1.88. The van der Waals surface area contributed by atoms with E-state index in [1.54, 1.807) is 25.3 Å². The molecule has 0 bridgehead atoms. The van der Waals surface area contributed by atoms with Gasteiger partial charge in [-0.1, -0.05) is 23.7 Å². The third-order valence-electron chi connectivity index (χ3n) is 3.49. The predicted octanol–water partition coefficient (Wildman–Crippen LogP) is 3.66. The number of carbonyl (C=O) groups is 1. The highest BCUT2D eigenvalue weighted by Gasteiger charge is 2.10. The highest BCUT2D eigenvalue weighted by Crippen LogP contribution is 2.23. The quantitative estimate of drug-likeness (QED) is 0.591. The van der Waals surface area contributed by atoms with Gasteiger partial charge in [-0.15, -0.1) is 0 Å². The number of anilines is 1. The number of thiocarbonyl (C=S) groups is 1. The lowest BCUT2D eigenvalue weighted by Crippen LogP contribution is -2.30. The van der Waals surface area contributed by atoms with E-state index >= 15 is 0 Å². The van der Waals surface area contributed by atoms with E-state index in [1.165, 1.54) is 12.7 Å². The largest absolute Gasteiger partial charge is 0.497 e. The Labute approximate surface area is 157 Å². The molecule has 0 fully saturated rings. The van der Waals surface area contributed by atoms with Crippen LogP contribution in [0.4, 0.5) is 5.69 Å². The maximum absolute atomic E-state index is 11.6. The number of nitrogens with one attached hydrogen (secondary N) is 2. The molecule has 2 rings (SSSR count). The van der Waals surface area contributed by atoms with Crippen molar-refractivity contribution in [2.24, 2.45) is 0 Å². The van der Waals surface area contributed by atoms with Crippen LogP contribution < -0.4 is 15.4 Å². The Morgan fingerprint density at radius 1 is 1.16 bits per heavy atom. The first-order valence-corrected chi connectivity index (χ1v) is 8.37. The zero-order chi connectivity index (χ0) is 18.2. The van der Waals surface area contributed by atoms with Gasteiger partial charge < -0.3 is 20.1 Å². The van der Waals surface area contributed by atoms with Gasteiger partial charge in [0, 0.05) is 6.54 Å². The molecule has 0 aromatic heterocycles. The SMILES string of the molecule is COC(=O)c1ccc(Cl)c(NC(=S)NCCc2ccc(OC)cc2)c1. The van der Waals surface area contributed by atoms with Crippen LogP contribution in [-0.2, 0) is 11.2 Å². The molecule has 0 saturated heterocycles. The molecule has 0 heterocycles. The molecule has 0 saturated carbocycles. The van der Waals surface area contributed by atoms with E-state index in [1.807, 2.05) is 24.3 Å². The molecule has 0 aliphatic carbocycles. The second-order valence-corrected chi connectivity index (χ2v) is 5.98. The standard InChI is InChI=1S/C18H19ClN2O3S/c1-23-14-6-3-12(4-7-14)9-10-20-18(25)21-16-11-13(17(22)24-2)5-8-15(16)19/h3-8,11H,9-10H2,1-2H3,(H2,20,21,25). The van der Waals surface area contributed by atoms with Gasteiger partial charge in [-0.2, -0.15) is 0 Å². The molecule has 132 valence electrons. The number of ether oxygens (including phenoxy) is 2. The number of halogens is 1. The summed E-state index contributed by atoms with van der Waals surface area (Å²) in [5, 5.41) is 7.00. The van der Waals surface area contributed by atoms with Crippen LogP contribution in [0.5, 0.6) is 5.75 Å². The summed E-state index contributed by atoms with van der Waals surface area (Å²) in [6.07, 6.45) is 0.807. The van der Waals surface area contributed by atoms with Crippen LogP contribution in [0.25, 0.3) is 0 Å². The predicted molar refractivity (Wildman–Crippen MR) is 104 cm³/mol. The van der Waals surface area contributed by atoms with Gasteiger partial charge in [-0.05, 0) is 54.5 Å². The molecule has 0 aliphatic rings. The normalized spacial score (nSPS) is 10.0. The summed E-state index contributed by atoms with van der Waals surface area (Å²) < 4.78 is 9.83. The average molecular weight is 379 g/mol. The Bertz CT molecular complexity index is 750. The second kappa shape index (κ2) is 9.25. The lowest BCUT2D eigenvalue weighted by molar-refractivity contribution is 0.0601. The van der Waals surface area contributed by atoms with Gasteiger partial charge in [0.1, 0.15) is 5.75 Å². The molecule has 7 heteroatoms. The molecule has 0 unspecified atom stereocenters. The first-order valence-electron chi connectivity index (χ1n) is 7.59. The number of hydrogen-bond acceptors (Lipinski definition) is 4. The first-order chi connectivity index (χ1) is 12.0. The van der Waals surface area contributed by atoms with E-state index in [2.05, 4.69) is 10.6 Å². The minimum Gasteiger partial charge on any atom is -0.497 e. The molecular weight excluding hydrogens is 360 g/mol. The molecule has 0 aliphatic heterocycles. The number of carbonyl (C=O) groups excluding carboxylic acids is 1. The van der Waals surface area contributed by atoms with E-state index in [4.69, 9.17) is 33.3 Å². The van der Waals surface area contributed by atoms with Gasteiger partial charge in [0.05, 0.1) is 30.5 Å². The smallest absolute Gasteiger partial charge is 0.337 e. The van der Waals surface area contributed by atoms with E-state index in [-0.39, 0.29) is 0 Å². The van der Waals surface area contributed by atoms with E-state index < -0.39 is 5.97 Å². The van der Waals surface area contributed by atoms with Gasteiger partial charge in [-0.3, -0.25) is 0 Å². The molecule has 25 heavy (non-hydrogen) atoms. The number of methoxy groups -OCH3 is 2. The van der Waals surface area contributed by atoms with Gasteiger partial charge >= 0.3 is 5.97 Å². The highest BCUT2D eigenvalue weighted by molar-refractivity contribution is 7.80. The fourth-order valence-corrected chi connectivity index (χ4v) is 2.52. The fraction of sp³-hybridized carbons (Fsp3) is 0.222. The van der Waals surface area contributed by atoms with Crippen LogP contribution in [0, 0.1) is 0 Å². The minimum atomic E-state index is -0.432. The van der Waals surface area contributed by atoms with Gasteiger partial charge in [-0.25, -0.2) is 4.79 Å². The molecule has 2 N–H and O–H groups in total. The van der Waals surface area contributed by atoms with Gasteiger partial charge in [0.15, 0.2) is 5.11 Å². The summed E-state index contributed by atoms with van der Waals surface area (Å²) in [7, 11) is 2.97. The van der Waals surface area contributed by atoms with Crippen molar-refractivity contribution < 1.29 is 14.3 Å². The number of benzene rings is 2. The average Bonchev–Trinajstić information content (AvgIpc) is 2.63. The number of rotatable bonds is 6. The molecule has 0 spiro atoms. The Kier molecular flexibility index (Phi) is 7.03. The van der Waals surface area contributed by atoms with E-state index in [9.17, 15) is 4.79 Å². The van der Waals surface area contributed by atoms with Crippen LogP contribution in [0.1, 0.15) is 15.9 Å². The van der Waals surface area contributed by atoms with Crippen molar-refractivity contribution in [1.82, 2.24) is 5.32 Å². The minimum absolute atomic E-state index is 0.399. The lowest BCUT2D eigenvalue weighted by atomic mass is 10.1. The van der Waals surface area contributed by atoms with Crippen molar-refractivity contribution in [3.63, 3.8) is 0 Å². The van der Waals surface area contributed by atoms with Crippen molar-refractivity contribution in [2.75, 3.05) is 26.1 Å². The maximum Gasteiger partial charge on any atom is 0.337 e. The van der Waals surface area contributed by atoms with Crippen molar-refractivity contribution in [1.29, 1.82) is 0 Å². The Hall–Kier alpha value is -2.31. The van der Waals surface area contributed by atoms with Crippen LogP contribution in [0.3, 0.4) is 0 Å². The second-order valence-electron chi connectivity index (χ2n) is 5.17. The van der Waals surface area contributed by atoms with Crippen LogP contribution in [0.15, 0.2) is 42.5 Å². The Morgan fingerprint density at radius 3 is 2.52 bits per heavy atom.